The Hall–Kier alpha value is -3.46. The Morgan fingerprint density at radius 1 is 1.23 bits per heavy atom. The number of rotatable bonds is 3. The van der Waals surface area contributed by atoms with Gasteiger partial charge in [-0.3, -0.25) is 0 Å². The summed E-state index contributed by atoms with van der Waals surface area (Å²) < 4.78 is 11.2. The fourth-order valence-corrected chi connectivity index (χ4v) is 4.48. The van der Waals surface area contributed by atoms with E-state index in [2.05, 4.69) is 33.9 Å². The molecule has 0 aliphatic carbocycles. The van der Waals surface area contributed by atoms with Gasteiger partial charge in [-0.1, -0.05) is 6.08 Å². The van der Waals surface area contributed by atoms with E-state index in [1.54, 1.807) is 11.1 Å². The average molecular weight is 477 g/mol. The van der Waals surface area contributed by atoms with Gasteiger partial charge >= 0.3 is 6.09 Å². The number of nitrogens with zero attached hydrogens (tertiary/aromatic N) is 5. The van der Waals surface area contributed by atoms with Crippen LogP contribution in [0.25, 0.3) is 28.0 Å². The first kappa shape index (κ1) is 23.3. The molecule has 2 aliphatic heterocycles. The second kappa shape index (κ2) is 9.30. The van der Waals surface area contributed by atoms with Crippen LogP contribution < -0.4 is 4.90 Å². The molecule has 1 amide bonds. The first-order valence-electron chi connectivity index (χ1n) is 12.1. The van der Waals surface area contributed by atoms with E-state index in [0.717, 1.165) is 40.2 Å². The van der Waals surface area contributed by atoms with E-state index in [1.807, 2.05) is 39.1 Å². The van der Waals surface area contributed by atoms with Crippen molar-refractivity contribution in [2.45, 2.75) is 45.8 Å². The number of carbonyl (C=O) groups is 1. The summed E-state index contributed by atoms with van der Waals surface area (Å²) in [5.41, 5.74) is 3.22. The molecule has 5 heterocycles. The summed E-state index contributed by atoms with van der Waals surface area (Å²) in [5, 5.41) is 0.986. The summed E-state index contributed by atoms with van der Waals surface area (Å²) in [6.07, 6.45) is 6.14. The third-order valence-electron chi connectivity index (χ3n) is 6.27. The molecule has 0 aromatic carbocycles. The highest BCUT2D eigenvalue weighted by molar-refractivity contribution is 5.91. The summed E-state index contributed by atoms with van der Waals surface area (Å²) in [6, 6.07) is 6.24. The SMILES string of the molecule is CC1COCCN1c1cc(C2=CCN(C(=O)OC(C)(C)C)CC2)nc(-c2ccnc3[nH]ccc23)n1. The molecule has 9 nitrogen and oxygen atoms in total. The molecule has 184 valence electrons. The molecule has 0 spiro atoms. The first-order chi connectivity index (χ1) is 16.8. The number of fused-ring (bicyclic) bond motifs is 1. The third-order valence-corrected chi connectivity index (χ3v) is 6.27. The smallest absolute Gasteiger partial charge is 0.410 e. The molecule has 0 saturated carbocycles. The zero-order valence-corrected chi connectivity index (χ0v) is 20.7. The maximum atomic E-state index is 12.5. The highest BCUT2D eigenvalue weighted by Crippen LogP contribution is 2.31. The van der Waals surface area contributed by atoms with Gasteiger partial charge < -0.3 is 24.3 Å². The Labute approximate surface area is 205 Å². The molecule has 2 aliphatic rings. The van der Waals surface area contributed by atoms with E-state index in [-0.39, 0.29) is 12.1 Å². The minimum atomic E-state index is -0.513. The quantitative estimate of drug-likeness (QED) is 0.603. The van der Waals surface area contributed by atoms with Gasteiger partial charge in [0.2, 0.25) is 0 Å². The standard InChI is InChI=1S/C26H32N6O3/c1-17-16-34-14-13-32(17)22-15-21(18-7-11-31(12-8-18)25(33)35-26(2,3)4)29-24(30-22)20-6-10-28-23-19(20)5-9-27-23/h5-7,9-10,15,17H,8,11-14,16H2,1-4H3,(H,27,28). The van der Waals surface area contributed by atoms with Gasteiger partial charge in [0, 0.05) is 49.0 Å². The van der Waals surface area contributed by atoms with Gasteiger partial charge in [0.05, 0.1) is 24.9 Å². The number of anilines is 1. The number of amides is 1. The van der Waals surface area contributed by atoms with Crippen molar-refractivity contribution in [3.8, 4) is 11.4 Å². The second-order valence-electron chi connectivity index (χ2n) is 10.1. The van der Waals surface area contributed by atoms with Gasteiger partial charge in [-0.25, -0.2) is 19.7 Å². The topological polar surface area (TPSA) is 96.5 Å². The molecule has 1 saturated heterocycles. The van der Waals surface area contributed by atoms with Crippen LogP contribution in [0.5, 0.6) is 0 Å². The summed E-state index contributed by atoms with van der Waals surface area (Å²) in [5.74, 6) is 1.55. The van der Waals surface area contributed by atoms with E-state index in [1.165, 1.54) is 0 Å². The molecule has 5 rings (SSSR count). The fourth-order valence-electron chi connectivity index (χ4n) is 4.48. The Morgan fingerprint density at radius 2 is 2.09 bits per heavy atom. The zero-order chi connectivity index (χ0) is 24.6. The maximum Gasteiger partial charge on any atom is 0.410 e. The summed E-state index contributed by atoms with van der Waals surface area (Å²) in [7, 11) is 0. The molecular formula is C26H32N6O3. The average Bonchev–Trinajstić information content (AvgIpc) is 3.32. The molecule has 0 radical (unpaired) electrons. The number of nitrogens with one attached hydrogen (secondary N) is 1. The van der Waals surface area contributed by atoms with Crippen LogP contribution in [0.15, 0.2) is 36.7 Å². The van der Waals surface area contributed by atoms with Crippen molar-refractivity contribution in [3.63, 3.8) is 0 Å². The molecule has 3 aromatic heterocycles. The van der Waals surface area contributed by atoms with Crippen LogP contribution in [-0.2, 0) is 9.47 Å². The van der Waals surface area contributed by atoms with Gasteiger partial charge in [-0.05, 0) is 51.8 Å². The Balaban J connectivity index is 1.51. The van der Waals surface area contributed by atoms with Crippen LogP contribution in [0.3, 0.4) is 0 Å². The number of hydrogen-bond acceptors (Lipinski definition) is 7. The van der Waals surface area contributed by atoms with Crippen molar-refractivity contribution >= 4 is 28.5 Å². The van der Waals surface area contributed by atoms with E-state index in [9.17, 15) is 4.79 Å². The van der Waals surface area contributed by atoms with Gasteiger partial charge in [0.1, 0.15) is 17.1 Å². The lowest BCUT2D eigenvalue weighted by molar-refractivity contribution is 0.0270. The highest BCUT2D eigenvalue weighted by atomic mass is 16.6. The number of morpholine rings is 1. The van der Waals surface area contributed by atoms with Gasteiger partial charge in [0.25, 0.3) is 0 Å². The van der Waals surface area contributed by atoms with Crippen molar-refractivity contribution in [1.29, 1.82) is 0 Å². The number of carbonyl (C=O) groups excluding carboxylic acids is 1. The molecule has 1 atom stereocenters. The van der Waals surface area contributed by atoms with Gasteiger partial charge in [0.15, 0.2) is 5.82 Å². The minimum absolute atomic E-state index is 0.215. The van der Waals surface area contributed by atoms with E-state index < -0.39 is 5.60 Å². The van der Waals surface area contributed by atoms with E-state index >= 15 is 0 Å². The predicted molar refractivity (Wildman–Crippen MR) is 135 cm³/mol. The number of pyridine rings is 1. The Morgan fingerprint density at radius 3 is 2.83 bits per heavy atom. The molecule has 9 heteroatoms. The monoisotopic (exact) mass is 476 g/mol. The highest BCUT2D eigenvalue weighted by Gasteiger charge is 2.26. The molecule has 1 unspecified atom stereocenters. The molecule has 1 fully saturated rings. The van der Waals surface area contributed by atoms with Crippen molar-refractivity contribution in [2.75, 3.05) is 37.7 Å². The number of H-pyrrole nitrogens is 1. The first-order valence-corrected chi connectivity index (χ1v) is 12.1. The normalized spacial score (nSPS) is 19.1. The third kappa shape index (κ3) is 5.00. The van der Waals surface area contributed by atoms with Crippen molar-refractivity contribution in [3.05, 3.63) is 42.4 Å². The number of aromatic nitrogens is 4. The Bertz CT molecular complexity index is 1260. The lowest BCUT2D eigenvalue weighted by atomic mass is 10.0. The summed E-state index contributed by atoms with van der Waals surface area (Å²) >= 11 is 0. The summed E-state index contributed by atoms with van der Waals surface area (Å²) in [6.45, 7) is 11.0. The van der Waals surface area contributed by atoms with Crippen LogP contribution in [0.4, 0.5) is 10.6 Å². The molecule has 35 heavy (non-hydrogen) atoms. The number of hydrogen-bond donors (Lipinski definition) is 1. The van der Waals surface area contributed by atoms with Crippen LogP contribution >= 0.6 is 0 Å². The second-order valence-corrected chi connectivity index (χ2v) is 10.1. The van der Waals surface area contributed by atoms with Crippen molar-refractivity contribution in [1.82, 2.24) is 24.8 Å². The fraction of sp³-hybridized carbons (Fsp3) is 0.462. The van der Waals surface area contributed by atoms with Gasteiger partial charge in [-0.2, -0.15) is 0 Å². The van der Waals surface area contributed by atoms with E-state index in [4.69, 9.17) is 19.4 Å². The lowest BCUT2D eigenvalue weighted by Crippen LogP contribution is -2.44. The Kier molecular flexibility index (Phi) is 6.19. The lowest BCUT2D eigenvalue weighted by Gasteiger charge is -2.35. The van der Waals surface area contributed by atoms with Crippen LogP contribution in [0.2, 0.25) is 0 Å². The van der Waals surface area contributed by atoms with E-state index in [0.29, 0.717) is 38.5 Å². The van der Waals surface area contributed by atoms with Crippen LogP contribution in [0, 0.1) is 0 Å². The van der Waals surface area contributed by atoms with Gasteiger partial charge in [-0.15, -0.1) is 0 Å². The maximum absolute atomic E-state index is 12.5. The van der Waals surface area contributed by atoms with Crippen LogP contribution in [0.1, 0.15) is 39.8 Å². The zero-order valence-electron chi connectivity index (χ0n) is 20.7. The molecule has 0 bridgehead atoms. The van der Waals surface area contributed by atoms with Crippen LogP contribution in [-0.4, -0.2) is 75.4 Å². The predicted octanol–water partition coefficient (Wildman–Crippen LogP) is 4.27. The van der Waals surface area contributed by atoms with Crippen molar-refractivity contribution < 1.29 is 14.3 Å². The number of ether oxygens (including phenoxy) is 2. The number of aromatic amines is 1. The molecular weight excluding hydrogens is 444 g/mol. The summed E-state index contributed by atoms with van der Waals surface area (Å²) in [4.78, 5) is 34.1. The molecule has 3 aromatic rings. The van der Waals surface area contributed by atoms with Crippen molar-refractivity contribution in [2.24, 2.45) is 0 Å². The molecule has 1 N–H and O–H groups in total. The minimum Gasteiger partial charge on any atom is -0.444 e. The largest absolute Gasteiger partial charge is 0.444 e.